The van der Waals surface area contributed by atoms with E-state index in [1.54, 1.807) is 0 Å². The van der Waals surface area contributed by atoms with E-state index in [4.69, 9.17) is 4.74 Å². The Morgan fingerprint density at radius 1 is 0.917 bits per heavy atom. The van der Waals surface area contributed by atoms with Gasteiger partial charge in [0, 0.05) is 22.6 Å². The van der Waals surface area contributed by atoms with Crippen LogP contribution in [0.3, 0.4) is 0 Å². The second-order valence-electron chi connectivity index (χ2n) is 2.18. The Balaban J connectivity index is -0.0000000327. The maximum atomic E-state index is 5.34. The highest BCUT2D eigenvalue weighted by Gasteiger charge is 2.05. The lowest BCUT2D eigenvalue weighted by Gasteiger charge is -2.17. The van der Waals surface area contributed by atoms with Crippen LogP contribution >= 0.6 is 0 Å². The molecular weight excluding hydrogens is 184 g/mol. The molecular formula is C5H22O6Si. The normalized spacial score (nSPS) is 19.5. The summed E-state index contributed by atoms with van der Waals surface area (Å²) in [4.78, 5) is 0. The van der Waals surface area contributed by atoms with E-state index in [0.717, 1.165) is 6.61 Å². The summed E-state index contributed by atoms with van der Waals surface area (Å²) in [5.41, 5.74) is 0.675. The second-order valence-corrected chi connectivity index (χ2v) is 3.47. The largest absolute Gasteiger partial charge is 0.412 e. The van der Waals surface area contributed by atoms with Gasteiger partial charge in [0.1, 0.15) is 0 Å². The van der Waals surface area contributed by atoms with Crippen molar-refractivity contribution in [1.82, 2.24) is 0 Å². The number of rotatable bonds is 0. The fourth-order valence-electron chi connectivity index (χ4n) is 0.902. The summed E-state index contributed by atoms with van der Waals surface area (Å²) in [7, 11) is 1.23. The van der Waals surface area contributed by atoms with Gasteiger partial charge in [-0.05, 0) is 19.3 Å². The zero-order valence-corrected chi connectivity index (χ0v) is 9.31. The van der Waals surface area contributed by atoms with Crippen LogP contribution in [0.15, 0.2) is 0 Å². The van der Waals surface area contributed by atoms with Crippen LogP contribution in [0.25, 0.3) is 0 Å². The van der Waals surface area contributed by atoms with Gasteiger partial charge in [-0.1, -0.05) is 0 Å². The first kappa shape index (κ1) is 29.6. The van der Waals surface area contributed by atoms with Crippen molar-refractivity contribution in [1.29, 1.82) is 0 Å². The average Bonchev–Trinajstić information content (AvgIpc) is 1.69. The van der Waals surface area contributed by atoms with Crippen molar-refractivity contribution in [3.05, 3.63) is 0 Å². The van der Waals surface area contributed by atoms with Gasteiger partial charge in [0.05, 0.1) is 0 Å². The van der Waals surface area contributed by atoms with Crippen LogP contribution in [-0.2, 0) is 4.74 Å². The van der Waals surface area contributed by atoms with Gasteiger partial charge in [0.2, 0.25) is 0 Å². The van der Waals surface area contributed by atoms with Crippen molar-refractivity contribution < 1.29 is 32.1 Å². The van der Waals surface area contributed by atoms with Crippen LogP contribution in [0.5, 0.6) is 0 Å². The van der Waals surface area contributed by atoms with Gasteiger partial charge in [0.15, 0.2) is 0 Å². The molecule has 1 aliphatic heterocycles. The quantitative estimate of drug-likeness (QED) is 0.360. The van der Waals surface area contributed by atoms with Gasteiger partial charge < -0.3 is 32.1 Å². The molecule has 0 spiro atoms. The third-order valence-corrected chi connectivity index (χ3v) is 2.32. The Bertz CT molecular complexity index is 57.9. The molecule has 12 heavy (non-hydrogen) atoms. The molecule has 7 heteroatoms. The minimum absolute atomic E-state index is 0. The Labute approximate surface area is 74.9 Å². The van der Waals surface area contributed by atoms with E-state index >= 15 is 0 Å². The first-order valence-corrected chi connectivity index (χ1v) is 4.16. The molecule has 0 aliphatic carbocycles. The summed E-state index contributed by atoms with van der Waals surface area (Å²) in [5, 5.41) is 0. The summed E-state index contributed by atoms with van der Waals surface area (Å²) in [6.45, 7) is 1.02. The monoisotopic (exact) mass is 206 g/mol. The van der Waals surface area contributed by atoms with Crippen molar-refractivity contribution in [2.45, 2.75) is 25.0 Å². The number of hydrogen-bond acceptors (Lipinski definition) is 1. The Morgan fingerprint density at radius 2 is 1.42 bits per heavy atom. The maximum Gasteiger partial charge on any atom is 0.0465 e. The lowest BCUT2D eigenvalue weighted by Crippen LogP contribution is -2.18. The molecule has 10 N–H and O–H groups in total. The summed E-state index contributed by atoms with van der Waals surface area (Å²) in [5.74, 6) is 0. The van der Waals surface area contributed by atoms with E-state index in [9.17, 15) is 0 Å². The minimum Gasteiger partial charge on any atom is -0.412 e. The molecule has 1 atom stereocenters. The second kappa shape index (κ2) is 17.2. The standard InChI is InChI=1S/C5H12OSi.5H2O/c7-5-3-1-2-4-6-5;;;;;/h5H,1-4H2,7H3;5*1H2. The maximum absolute atomic E-state index is 5.34. The van der Waals surface area contributed by atoms with Crippen molar-refractivity contribution in [3.63, 3.8) is 0 Å². The third-order valence-electron chi connectivity index (χ3n) is 1.41. The van der Waals surface area contributed by atoms with Crippen LogP contribution in [-0.4, -0.2) is 50.0 Å². The molecule has 1 fully saturated rings. The molecule has 0 aromatic heterocycles. The SMILES string of the molecule is O.O.O.O.O.[SiH3]C1CCCCO1. The van der Waals surface area contributed by atoms with Gasteiger partial charge in [0.25, 0.3) is 0 Å². The smallest absolute Gasteiger partial charge is 0.0465 e. The summed E-state index contributed by atoms with van der Waals surface area (Å²) in [6.07, 6.45) is 4.01. The van der Waals surface area contributed by atoms with E-state index in [-0.39, 0.29) is 27.4 Å². The molecule has 0 bridgehead atoms. The molecule has 1 heterocycles. The first-order valence-electron chi connectivity index (χ1n) is 3.01. The molecule has 1 saturated heterocycles. The van der Waals surface area contributed by atoms with E-state index in [1.165, 1.54) is 29.5 Å². The molecule has 82 valence electrons. The summed E-state index contributed by atoms with van der Waals surface area (Å²) < 4.78 is 5.34. The molecule has 1 unspecified atom stereocenters. The van der Waals surface area contributed by atoms with Crippen molar-refractivity contribution in [2.75, 3.05) is 6.61 Å². The molecule has 1 aliphatic rings. The first-order chi connectivity index (χ1) is 3.39. The highest BCUT2D eigenvalue weighted by atomic mass is 28.1. The van der Waals surface area contributed by atoms with E-state index in [1.807, 2.05) is 0 Å². The average molecular weight is 206 g/mol. The van der Waals surface area contributed by atoms with Gasteiger partial charge in [-0.15, -0.1) is 0 Å². The molecule has 6 nitrogen and oxygen atoms in total. The van der Waals surface area contributed by atoms with Gasteiger partial charge in [-0.3, -0.25) is 0 Å². The lowest BCUT2D eigenvalue weighted by molar-refractivity contribution is 0.0675. The van der Waals surface area contributed by atoms with Crippen LogP contribution in [0.2, 0.25) is 0 Å². The number of hydrogen-bond donors (Lipinski definition) is 0. The zero-order chi connectivity index (χ0) is 5.11. The highest BCUT2D eigenvalue weighted by molar-refractivity contribution is 6.10. The lowest BCUT2D eigenvalue weighted by atomic mass is 10.2. The van der Waals surface area contributed by atoms with Gasteiger partial charge in [-0.2, -0.15) is 0 Å². The Morgan fingerprint density at radius 3 is 1.58 bits per heavy atom. The topological polar surface area (TPSA) is 167 Å². The molecule has 1 rings (SSSR count). The van der Waals surface area contributed by atoms with Crippen molar-refractivity contribution in [3.8, 4) is 0 Å². The zero-order valence-electron chi connectivity index (χ0n) is 7.31. The van der Waals surface area contributed by atoms with Crippen molar-refractivity contribution >= 4 is 10.2 Å². The third kappa shape index (κ3) is 12.6. The minimum atomic E-state index is 0. The summed E-state index contributed by atoms with van der Waals surface area (Å²) in [6, 6.07) is 0. The van der Waals surface area contributed by atoms with Gasteiger partial charge >= 0.3 is 0 Å². The molecule has 0 saturated carbocycles. The van der Waals surface area contributed by atoms with E-state index in [0.29, 0.717) is 5.73 Å². The highest BCUT2D eigenvalue weighted by Crippen LogP contribution is 2.08. The fraction of sp³-hybridized carbons (Fsp3) is 1.00. The van der Waals surface area contributed by atoms with Crippen molar-refractivity contribution in [2.24, 2.45) is 0 Å². The molecule has 0 radical (unpaired) electrons. The van der Waals surface area contributed by atoms with Crippen LogP contribution in [0, 0.1) is 0 Å². The Hall–Kier alpha value is -0.0231. The van der Waals surface area contributed by atoms with Crippen LogP contribution in [0.4, 0.5) is 0 Å². The summed E-state index contributed by atoms with van der Waals surface area (Å²) >= 11 is 0. The molecule has 0 aromatic carbocycles. The van der Waals surface area contributed by atoms with Crippen LogP contribution in [0.1, 0.15) is 19.3 Å². The Kier molecular flexibility index (Phi) is 42.4. The van der Waals surface area contributed by atoms with E-state index < -0.39 is 0 Å². The van der Waals surface area contributed by atoms with Gasteiger partial charge in [-0.25, -0.2) is 0 Å². The van der Waals surface area contributed by atoms with E-state index in [2.05, 4.69) is 0 Å². The number of ether oxygens (including phenoxy) is 1. The molecule has 0 aromatic rings. The van der Waals surface area contributed by atoms with Crippen LogP contribution < -0.4 is 0 Å². The predicted molar refractivity (Wildman–Crippen MR) is 51.6 cm³/mol. The molecule has 0 amide bonds. The fourth-order valence-corrected chi connectivity index (χ4v) is 1.55. The predicted octanol–water partition coefficient (Wildman–Crippen LogP) is -4.25.